The number of non-ortho nitro benzene ring substituents is 1. The van der Waals surface area contributed by atoms with E-state index in [4.69, 9.17) is 4.74 Å². The fourth-order valence-corrected chi connectivity index (χ4v) is 1.28. The summed E-state index contributed by atoms with van der Waals surface area (Å²) in [6, 6.07) is 6.07. The second-order valence-corrected chi connectivity index (χ2v) is 3.40. The Morgan fingerprint density at radius 2 is 2.24 bits per heavy atom. The normalized spacial score (nSPS) is 11.1. The van der Waals surface area contributed by atoms with Gasteiger partial charge in [-0.15, -0.1) is 0 Å². The highest BCUT2D eigenvalue weighted by Crippen LogP contribution is 2.15. The second kappa shape index (κ2) is 5.79. The summed E-state index contributed by atoms with van der Waals surface area (Å²) in [5.41, 5.74) is 1.01. The maximum absolute atomic E-state index is 11.3. The van der Waals surface area contributed by atoms with Crippen LogP contribution in [-0.2, 0) is 9.53 Å². The van der Waals surface area contributed by atoms with Gasteiger partial charge in [0, 0.05) is 17.7 Å². The van der Waals surface area contributed by atoms with E-state index in [1.807, 2.05) is 0 Å². The minimum atomic E-state index is -0.475. The van der Waals surface area contributed by atoms with Crippen LogP contribution in [0.5, 0.6) is 0 Å². The number of carbonyl (C=O) groups is 1. The third-order valence-electron chi connectivity index (χ3n) is 2.06. The van der Waals surface area contributed by atoms with E-state index in [-0.39, 0.29) is 5.69 Å². The van der Waals surface area contributed by atoms with Crippen LogP contribution in [0.2, 0.25) is 0 Å². The van der Waals surface area contributed by atoms with Gasteiger partial charge in [0.1, 0.15) is 0 Å². The van der Waals surface area contributed by atoms with Crippen LogP contribution in [0, 0.1) is 10.1 Å². The van der Waals surface area contributed by atoms with Crippen molar-refractivity contribution in [2.75, 3.05) is 6.61 Å². The van der Waals surface area contributed by atoms with Gasteiger partial charge in [-0.25, -0.2) is 4.79 Å². The molecule has 0 atom stereocenters. The maximum atomic E-state index is 11.3. The van der Waals surface area contributed by atoms with E-state index < -0.39 is 10.9 Å². The molecule has 0 unspecified atom stereocenters. The SMILES string of the molecule is CCOC(=O)/C(C)=C/c1cccc([N+](=O)[O-])c1. The number of carbonyl (C=O) groups excluding carboxylic acids is 1. The van der Waals surface area contributed by atoms with Crippen LogP contribution in [0.4, 0.5) is 5.69 Å². The number of nitro groups is 1. The minimum Gasteiger partial charge on any atom is -0.463 e. The van der Waals surface area contributed by atoms with Gasteiger partial charge in [0.05, 0.1) is 11.5 Å². The third kappa shape index (κ3) is 3.71. The lowest BCUT2D eigenvalue weighted by Gasteiger charge is -2.01. The van der Waals surface area contributed by atoms with Gasteiger partial charge >= 0.3 is 5.97 Å². The molecule has 17 heavy (non-hydrogen) atoms. The lowest BCUT2D eigenvalue weighted by Crippen LogP contribution is -2.04. The first-order valence-electron chi connectivity index (χ1n) is 5.14. The van der Waals surface area contributed by atoms with Crippen LogP contribution in [0.15, 0.2) is 29.8 Å². The third-order valence-corrected chi connectivity index (χ3v) is 2.06. The zero-order valence-electron chi connectivity index (χ0n) is 9.67. The molecular formula is C12H13NO4. The van der Waals surface area contributed by atoms with Gasteiger partial charge in [-0.3, -0.25) is 10.1 Å². The first kappa shape index (κ1) is 12.9. The van der Waals surface area contributed by atoms with E-state index in [1.54, 1.807) is 32.1 Å². The summed E-state index contributed by atoms with van der Waals surface area (Å²) in [5, 5.41) is 10.6. The van der Waals surface area contributed by atoms with Crippen molar-refractivity contribution >= 4 is 17.7 Å². The average Bonchev–Trinajstić information content (AvgIpc) is 2.29. The van der Waals surface area contributed by atoms with Crippen molar-refractivity contribution in [1.82, 2.24) is 0 Å². The molecule has 5 heteroatoms. The Morgan fingerprint density at radius 3 is 2.82 bits per heavy atom. The summed E-state index contributed by atoms with van der Waals surface area (Å²) in [6.07, 6.45) is 1.56. The van der Waals surface area contributed by atoms with Crippen LogP contribution >= 0.6 is 0 Å². The quantitative estimate of drug-likeness (QED) is 0.348. The second-order valence-electron chi connectivity index (χ2n) is 3.40. The fraction of sp³-hybridized carbons (Fsp3) is 0.250. The van der Waals surface area contributed by atoms with Crippen LogP contribution in [0.3, 0.4) is 0 Å². The van der Waals surface area contributed by atoms with Crippen molar-refractivity contribution < 1.29 is 14.5 Å². The number of hydrogen-bond donors (Lipinski definition) is 0. The topological polar surface area (TPSA) is 69.4 Å². The molecule has 0 spiro atoms. The van der Waals surface area contributed by atoms with E-state index in [9.17, 15) is 14.9 Å². The average molecular weight is 235 g/mol. The molecule has 0 saturated carbocycles. The number of ether oxygens (including phenoxy) is 1. The molecule has 0 radical (unpaired) electrons. The van der Waals surface area contributed by atoms with Gasteiger partial charge in [-0.05, 0) is 25.5 Å². The van der Waals surface area contributed by atoms with Gasteiger partial charge in [0.2, 0.25) is 0 Å². The number of rotatable bonds is 4. The molecule has 0 amide bonds. The number of hydrogen-bond acceptors (Lipinski definition) is 4. The fourth-order valence-electron chi connectivity index (χ4n) is 1.28. The highest BCUT2D eigenvalue weighted by atomic mass is 16.6. The Balaban J connectivity index is 2.94. The molecule has 0 aliphatic carbocycles. The Kier molecular flexibility index (Phi) is 4.39. The van der Waals surface area contributed by atoms with Gasteiger partial charge in [0.15, 0.2) is 0 Å². The van der Waals surface area contributed by atoms with Crippen LogP contribution in [-0.4, -0.2) is 17.5 Å². The molecule has 1 aromatic rings. The monoisotopic (exact) mass is 235 g/mol. The molecule has 1 aromatic carbocycles. The van der Waals surface area contributed by atoms with Crippen LogP contribution in [0.1, 0.15) is 19.4 Å². The van der Waals surface area contributed by atoms with E-state index in [0.29, 0.717) is 17.7 Å². The molecule has 0 fully saturated rings. The molecule has 0 saturated heterocycles. The summed E-state index contributed by atoms with van der Waals surface area (Å²) < 4.78 is 4.81. The lowest BCUT2D eigenvalue weighted by molar-refractivity contribution is -0.384. The number of esters is 1. The highest BCUT2D eigenvalue weighted by molar-refractivity contribution is 5.93. The summed E-state index contributed by atoms with van der Waals surface area (Å²) in [6.45, 7) is 3.63. The lowest BCUT2D eigenvalue weighted by atomic mass is 10.1. The molecule has 0 bridgehead atoms. The largest absolute Gasteiger partial charge is 0.463 e. The molecule has 5 nitrogen and oxygen atoms in total. The molecule has 0 aliphatic heterocycles. The molecule has 90 valence electrons. The minimum absolute atomic E-state index is 0.00425. The molecule has 0 aliphatic rings. The van der Waals surface area contributed by atoms with Crippen LogP contribution in [0.25, 0.3) is 6.08 Å². The zero-order valence-corrected chi connectivity index (χ0v) is 9.67. The Bertz CT molecular complexity index is 465. The molecule has 0 N–H and O–H groups in total. The van der Waals surface area contributed by atoms with Crippen molar-refractivity contribution in [3.8, 4) is 0 Å². The predicted molar refractivity (Wildman–Crippen MR) is 63.4 cm³/mol. The standard InChI is InChI=1S/C12H13NO4/c1-3-17-12(14)9(2)7-10-5-4-6-11(8-10)13(15)16/h4-8H,3H2,1-2H3/b9-7+. The van der Waals surface area contributed by atoms with Crippen LogP contribution < -0.4 is 0 Å². The van der Waals surface area contributed by atoms with Gasteiger partial charge in [-0.2, -0.15) is 0 Å². The predicted octanol–water partition coefficient (Wildman–Crippen LogP) is 2.56. The smallest absolute Gasteiger partial charge is 0.333 e. The van der Waals surface area contributed by atoms with Crippen molar-refractivity contribution in [1.29, 1.82) is 0 Å². The Hall–Kier alpha value is -2.17. The van der Waals surface area contributed by atoms with Gasteiger partial charge in [0.25, 0.3) is 5.69 Å². The zero-order chi connectivity index (χ0) is 12.8. The summed E-state index contributed by atoms with van der Waals surface area (Å²) >= 11 is 0. The number of nitro benzene ring substituents is 1. The molecular weight excluding hydrogens is 222 g/mol. The first-order valence-corrected chi connectivity index (χ1v) is 5.14. The van der Waals surface area contributed by atoms with E-state index in [1.165, 1.54) is 12.1 Å². The van der Waals surface area contributed by atoms with E-state index in [0.717, 1.165) is 0 Å². The molecule has 0 aromatic heterocycles. The van der Waals surface area contributed by atoms with Crippen molar-refractivity contribution in [2.45, 2.75) is 13.8 Å². The Morgan fingerprint density at radius 1 is 1.53 bits per heavy atom. The summed E-state index contributed by atoms with van der Waals surface area (Å²) in [4.78, 5) is 21.4. The number of nitrogens with zero attached hydrogens (tertiary/aromatic N) is 1. The van der Waals surface area contributed by atoms with Crippen molar-refractivity contribution in [2.24, 2.45) is 0 Å². The van der Waals surface area contributed by atoms with Crippen molar-refractivity contribution in [3.05, 3.63) is 45.5 Å². The van der Waals surface area contributed by atoms with E-state index in [2.05, 4.69) is 0 Å². The number of benzene rings is 1. The molecule has 0 heterocycles. The Labute approximate surface area is 98.9 Å². The van der Waals surface area contributed by atoms with Gasteiger partial charge in [-0.1, -0.05) is 12.1 Å². The molecule has 1 rings (SSSR count). The summed E-state index contributed by atoms with van der Waals surface area (Å²) in [5.74, 6) is -0.418. The van der Waals surface area contributed by atoms with Gasteiger partial charge < -0.3 is 4.74 Å². The highest BCUT2D eigenvalue weighted by Gasteiger charge is 2.07. The maximum Gasteiger partial charge on any atom is 0.333 e. The first-order chi connectivity index (χ1) is 8.04. The van der Waals surface area contributed by atoms with E-state index >= 15 is 0 Å². The van der Waals surface area contributed by atoms with Crippen molar-refractivity contribution in [3.63, 3.8) is 0 Å². The summed E-state index contributed by atoms with van der Waals surface area (Å²) in [7, 11) is 0.